The number of amides is 2. The van der Waals surface area contributed by atoms with E-state index in [0.29, 0.717) is 5.56 Å². The van der Waals surface area contributed by atoms with Gasteiger partial charge in [-0.05, 0) is 65.8 Å². The minimum absolute atomic E-state index is 0.0258. The van der Waals surface area contributed by atoms with E-state index in [0.717, 1.165) is 14.8 Å². The van der Waals surface area contributed by atoms with Crippen LogP contribution in [0.1, 0.15) is 29.8 Å². The van der Waals surface area contributed by atoms with Gasteiger partial charge in [0, 0.05) is 14.8 Å². The van der Waals surface area contributed by atoms with Crippen LogP contribution in [0.15, 0.2) is 48.5 Å². The molecule has 0 aliphatic heterocycles. The Balaban J connectivity index is 2.09. The number of nitrogens with one attached hydrogen (secondary N) is 2. The molecule has 1 unspecified atom stereocenters. The fraction of sp³-hybridized carbons (Fsp3) is 0.263. The average Bonchev–Trinajstić information content (AvgIpc) is 2.52. The van der Waals surface area contributed by atoms with Crippen molar-refractivity contribution in [3.63, 3.8) is 0 Å². The molecule has 0 aliphatic rings. The first-order valence-electron chi connectivity index (χ1n) is 7.81. The Bertz CT molecular complexity index is 726. The summed E-state index contributed by atoms with van der Waals surface area (Å²) in [6, 6.07) is 14.2. The van der Waals surface area contributed by atoms with Crippen LogP contribution in [0.25, 0.3) is 0 Å². The second kappa shape index (κ2) is 8.28. The normalized spacial score (nSPS) is 11.9. The number of hydrogen-bond donors (Lipinski definition) is 2. The van der Waals surface area contributed by atoms with E-state index in [4.69, 9.17) is 0 Å². The molecule has 0 aromatic heterocycles. The summed E-state index contributed by atoms with van der Waals surface area (Å²) in [7, 11) is 0. The molecule has 0 fully saturated rings. The minimum Gasteiger partial charge on any atom is -0.340 e. The van der Waals surface area contributed by atoms with Crippen LogP contribution in [0.4, 0.5) is 5.69 Å². The Hall–Kier alpha value is -1.89. The topological polar surface area (TPSA) is 58.2 Å². The van der Waals surface area contributed by atoms with Gasteiger partial charge in [0.1, 0.15) is 6.04 Å². The summed E-state index contributed by atoms with van der Waals surface area (Å²) in [6.45, 7) is 5.79. The highest BCUT2D eigenvalue weighted by Crippen LogP contribution is 2.14. The molecule has 0 saturated heterocycles. The Morgan fingerprint density at radius 2 is 1.71 bits per heavy atom. The molecule has 2 N–H and O–H groups in total. The van der Waals surface area contributed by atoms with Crippen molar-refractivity contribution in [1.29, 1.82) is 0 Å². The van der Waals surface area contributed by atoms with E-state index < -0.39 is 6.04 Å². The van der Waals surface area contributed by atoms with Crippen molar-refractivity contribution in [1.82, 2.24) is 5.32 Å². The summed E-state index contributed by atoms with van der Waals surface area (Å²) >= 11 is 2.19. The maximum atomic E-state index is 12.6. The minimum atomic E-state index is -0.600. The van der Waals surface area contributed by atoms with Crippen LogP contribution in [-0.2, 0) is 4.79 Å². The van der Waals surface area contributed by atoms with Crippen molar-refractivity contribution in [2.45, 2.75) is 26.8 Å². The van der Waals surface area contributed by atoms with Gasteiger partial charge in [0.2, 0.25) is 5.91 Å². The lowest BCUT2D eigenvalue weighted by Gasteiger charge is -2.22. The number of anilines is 1. The zero-order valence-electron chi connectivity index (χ0n) is 14.0. The van der Waals surface area contributed by atoms with Gasteiger partial charge in [-0.1, -0.05) is 37.6 Å². The van der Waals surface area contributed by atoms with E-state index in [9.17, 15) is 9.59 Å². The van der Waals surface area contributed by atoms with Gasteiger partial charge in [0.05, 0.1) is 0 Å². The summed E-state index contributed by atoms with van der Waals surface area (Å²) in [4.78, 5) is 24.9. The van der Waals surface area contributed by atoms with Gasteiger partial charge in [-0.3, -0.25) is 9.59 Å². The van der Waals surface area contributed by atoms with Crippen LogP contribution in [-0.4, -0.2) is 17.9 Å². The molecule has 2 rings (SSSR count). The monoisotopic (exact) mass is 436 g/mol. The van der Waals surface area contributed by atoms with Gasteiger partial charge >= 0.3 is 0 Å². The molecule has 0 bridgehead atoms. The summed E-state index contributed by atoms with van der Waals surface area (Å²) in [5.74, 6) is -0.485. The summed E-state index contributed by atoms with van der Waals surface area (Å²) < 4.78 is 1.04. The Morgan fingerprint density at radius 3 is 2.29 bits per heavy atom. The third-order valence-electron chi connectivity index (χ3n) is 3.64. The highest BCUT2D eigenvalue weighted by molar-refractivity contribution is 14.1. The second-order valence-corrected chi connectivity index (χ2v) is 7.31. The number of carbonyl (C=O) groups is 2. The van der Waals surface area contributed by atoms with Crippen molar-refractivity contribution < 1.29 is 9.59 Å². The van der Waals surface area contributed by atoms with Crippen LogP contribution in [0.2, 0.25) is 0 Å². The van der Waals surface area contributed by atoms with Crippen molar-refractivity contribution in [2.24, 2.45) is 5.92 Å². The van der Waals surface area contributed by atoms with Crippen LogP contribution < -0.4 is 10.6 Å². The number of benzene rings is 2. The maximum absolute atomic E-state index is 12.6. The first-order valence-corrected chi connectivity index (χ1v) is 8.88. The SMILES string of the molecule is Cc1ccc(C(=O)NC(C(=O)Nc2cccc(I)c2)C(C)C)cc1. The fourth-order valence-corrected chi connectivity index (χ4v) is 2.79. The van der Waals surface area contributed by atoms with Gasteiger partial charge < -0.3 is 10.6 Å². The number of hydrogen-bond acceptors (Lipinski definition) is 2. The maximum Gasteiger partial charge on any atom is 0.251 e. The van der Waals surface area contributed by atoms with Gasteiger partial charge in [-0.25, -0.2) is 0 Å². The Kier molecular flexibility index (Phi) is 6.36. The van der Waals surface area contributed by atoms with E-state index in [1.165, 1.54) is 0 Å². The molecule has 24 heavy (non-hydrogen) atoms. The van der Waals surface area contributed by atoms with Gasteiger partial charge in [0.15, 0.2) is 0 Å². The molecule has 0 saturated carbocycles. The van der Waals surface area contributed by atoms with Crippen LogP contribution in [0.5, 0.6) is 0 Å². The molecule has 0 heterocycles. The van der Waals surface area contributed by atoms with E-state index in [2.05, 4.69) is 33.2 Å². The lowest BCUT2D eigenvalue weighted by molar-refractivity contribution is -0.118. The highest BCUT2D eigenvalue weighted by atomic mass is 127. The predicted octanol–water partition coefficient (Wildman–Crippen LogP) is 3.99. The molecule has 1 atom stereocenters. The average molecular weight is 436 g/mol. The standard InChI is InChI=1S/C19H21IN2O2/c1-12(2)17(19(24)21-16-6-4-5-15(20)11-16)22-18(23)14-9-7-13(3)8-10-14/h4-12,17H,1-3H3,(H,21,24)(H,22,23). The van der Waals surface area contributed by atoms with Crippen molar-refractivity contribution in [2.75, 3.05) is 5.32 Å². The lowest BCUT2D eigenvalue weighted by atomic mass is 10.0. The molecule has 126 valence electrons. The third kappa shape index (κ3) is 5.06. The predicted molar refractivity (Wildman–Crippen MR) is 105 cm³/mol. The van der Waals surface area contributed by atoms with Crippen molar-refractivity contribution in [3.8, 4) is 0 Å². The zero-order chi connectivity index (χ0) is 17.7. The van der Waals surface area contributed by atoms with Gasteiger partial charge in [0.25, 0.3) is 5.91 Å². The van der Waals surface area contributed by atoms with Gasteiger partial charge in [-0.15, -0.1) is 0 Å². The summed E-state index contributed by atoms with van der Waals surface area (Å²) in [6.07, 6.45) is 0. The van der Waals surface area contributed by atoms with Gasteiger partial charge in [-0.2, -0.15) is 0 Å². The molecule has 2 aromatic carbocycles. The van der Waals surface area contributed by atoms with E-state index >= 15 is 0 Å². The van der Waals surface area contributed by atoms with E-state index in [1.807, 2.05) is 57.2 Å². The number of rotatable bonds is 5. The first-order chi connectivity index (χ1) is 11.4. The van der Waals surface area contributed by atoms with Crippen molar-refractivity contribution in [3.05, 3.63) is 63.2 Å². The number of carbonyl (C=O) groups excluding carboxylic acids is 2. The smallest absolute Gasteiger partial charge is 0.251 e. The molecular formula is C19H21IN2O2. The molecule has 0 spiro atoms. The van der Waals surface area contributed by atoms with Crippen LogP contribution in [0, 0.1) is 16.4 Å². The highest BCUT2D eigenvalue weighted by Gasteiger charge is 2.24. The molecule has 0 aliphatic carbocycles. The molecule has 5 heteroatoms. The van der Waals surface area contributed by atoms with Crippen LogP contribution in [0.3, 0.4) is 0 Å². The molecule has 2 aromatic rings. The first kappa shape index (κ1) is 18.4. The van der Waals surface area contributed by atoms with E-state index in [-0.39, 0.29) is 17.7 Å². The quantitative estimate of drug-likeness (QED) is 0.697. The fourth-order valence-electron chi connectivity index (χ4n) is 2.25. The number of halogens is 1. The lowest BCUT2D eigenvalue weighted by Crippen LogP contribution is -2.47. The Morgan fingerprint density at radius 1 is 1.04 bits per heavy atom. The molecule has 2 amide bonds. The van der Waals surface area contributed by atoms with Crippen LogP contribution >= 0.6 is 22.6 Å². The summed E-state index contributed by atoms with van der Waals surface area (Å²) in [5, 5.41) is 5.71. The second-order valence-electron chi connectivity index (χ2n) is 6.06. The van der Waals surface area contributed by atoms with Crippen molar-refractivity contribution >= 4 is 40.1 Å². The Labute approximate surface area is 156 Å². The molecular weight excluding hydrogens is 415 g/mol. The summed E-state index contributed by atoms with van der Waals surface area (Å²) in [5.41, 5.74) is 2.36. The largest absolute Gasteiger partial charge is 0.340 e. The number of aryl methyl sites for hydroxylation is 1. The molecule has 4 nitrogen and oxygen atoms in total. The third-order valence-corrected chi connectivity index (χ3v) is 4.31. The van der Waals surface area contributed by atoms with E-state index in [1.54, 1.807) is 12.1 Å². The molecule has 0 radical (unpaired) electrons. The zero-order valence-corrected chi connectivity index (χ0v) is 16.1.